The van der Waals surface area contributed by atoms with Crippen molar-refractivity contribution in [3.63, 3.8) is 0 Å². The van der Waals surface area contributed by atoms with Crippen LogP contribution in [0.3, 0.4) is 0 Å². The van der Waals surface area contributed by atoms with Gasteiger partial charge in [-0.05, 0) is 25.1 Å². The summed E-state index contributed by atoms with van der Waals surface area (Å²) in [5, 5.41) is 1.94. The summed E-state index contributed by atoms with van der Waals surface area (Å²) in [5.74, 6) is -0.482. The number of hydrogen-bond donors (Lipinski definition) is 2. The molecule has 2 unspecified atom stereocenters. The van der Waals surface area contributed by atoms with Gasteiger partial charge in [0.2, 0.25) is 5.91 Å². The van der Waals surface area contributed by atoms with E-state index in [0.717, 1.165) is 0 Å². The lowest BCUT2D eigenvalue weighted by molar-refractivity contribution is -0.115. The maximum absolute atomic E-state index is 12.9. The summed E-state index contributed by atoms with van der Waals surface area (Å²) < 4.78 is 24.3. The lowest BCUT2D eigenvalue weighted by atomic mass is 10.2. The van der Waals surface area contributed by atoms with Crippen LogP contribution in [0.5, 0.6) is 0 Å². The lowest BCUT2D eigenvalue weighted by Gasteiger charge is -2.11. The fourth-order valence-corrected chi connectivity index (χ4v) is 2.03. The van der Waals surface area contributed by atoms with E-state index in [-0.39, 0.29) is 11.6 Å². The van der Waals surface area contributed by atoms with Gasteiger partial charge in [-0.15, -0.1) is 0 Å². The van der Waals surface area contributed by atoms with Gasteiger partial charge in [0.25, 0.3) is 0 Å². The van der Waals surface area contributed by atoms with Crippen molar-refractivity contribution >= 4 is 28.1 Å². The van der Waals surface area contributed by atoms with Gasteiger partial charge in [0.05, 0.1) is 5.69 Å². The molecule has 0 radical (unpaired) electrons. The molecule has 1 rings (SSSR count). The van der Waals surface area contributed by atoms with Gasteiger partial charge >= 0.3 is 0 Å². The Kier molecular flexibility index (Phi) is 4.62. The number of hydrogen-bond acceptors (Lipinski definition) is 3. The molecule has 1 amide bonds. The zero-order valence-corrected chi connectivity index (χ0v) is 10.5. The minimum Gasteiger partial charge on any atom is -0.396 e. The molecule has 0 aromatic heterocycles. The Balaban J connectivity index is 2.74. The molecule has 0 spiro atoms. The van der Waals surface area contributed by atoms with Crippen LogP contribution < -0.4 is 11.1 Å². The second-order valence-electron chi connectivity index (χ2n) is 3.54. The first kappa shape index (κ1) is 13.6. The first-order valence-corrected chi connectivity index (χ1v) is 6.57. The summed E-state index contributed by atoms with van der Waals surface area (Å²) in [7, 11) is -1.20. The van der Waals surface area contributed by atoms with Crippen LogP contribution in [-0.2, 0) is 15.6 Å². The lowest BCUT2D eigenvalue weighted by Crippen LogP contribution is -2.29. The molecule has 0 saturated carbocycles. The number of carbonyl (C=O) groups is 1. The first-order valence-electron chi connectivity index (χ1n) is 5.18. The summed E-state index contributed by atoms with van der Waals surface area (Å²) in [4.78, 5) is 11.7. The van der Waals surface area contributed by atoms with E-state index in [1.165, 1.54) is 18.2 Å². The topological polar surface area (TPSA) is 72.2 Å². The van der Waals surface area contributed by atoms with Crippen LogP contribution >= 0.6 is 0 Å². The molecule has 4 nitrogen and oxygen atoms in total. The first-order chi connectivity index (χ1) is 7.95. The highest BCUT2D eigenvalue weighted by Crippen LogP contribution is 2.16. The van der Waals surface area contributed by atoms with Gasteiger partial charge in [0, 0.05) is 22.2 Å². The van der Waals surface area contributed by atoms with Crippen LogP contribution in [0.25, 0.3) is 0 Å². The Hall–Kier alpha value is -1.43. The molecule has 17 heavy (non-hydrogen) atoms. The van der Waals surface area contributed by atoms with Gasteiger partial charge in [-0.3, -0.25) is 9.00 Å². The quantitative estimate of drug-likeness (QED) is 0.804. The van der Waals surface area contributed by atoms with Gasteiger partial charge in [-0.2, -0.15) is 0 Å². The Labute approximate surface area is 102 Å². The average molecular weight is 258 g/mol. The maximum Gasteiger partial charge on any atom is 0.239 e. The normalized spacial score (nSPS) is 14.1. The number of nitrogen functional groups attached to an aromatic ring is 1. The Morgan fingerprint density at radius 3 is 2.76 bits per heavy atom. The minimum absolute atomic E-state index is 0.0351. The van der Waals surface area contributed by atoms with Gasteiger partial charge in [-0.25, -0.2) is 4.39 Å². The van der Waals surface area contributed by atoms with Crippen LogP contribution in [0, 0.1) is 5.82 Å². The summed E-state index contributed by atoms with van der Waals surface area (Å²) >= 11 is 0. The van der Waals surface area contributed by atoms with Crippen LogP contribution in [0.4, 0.5) is 15.8 Å². The highest BCUT2D eigenvalue weighted by atomic mass is 32.2. The second kappa shape index (κ2) is 5.77. The fourth-order valence-electron chi connectivity index (χ4n) is 1.23. The van der Waals surface area contributed by atoms with E-state index in [0.29, 0.717) is 11.4 Å². The number of halogens is 1. The third-order valence-electron chi connectivity index (χ3n) is 2.31. The van der Waals surface area contributed by atoms with Crippen molar-refractivity contribution in [3.8, 4) is 0 Å². The zero-order valence-electron chi connectivity index (χ0n) is 9.70. The third-order valence-corrected chi connectivity index (χ3v) is 3.88. The average Bonchev–Trinajstić information content (AvgIpc) is 2.31. The van der Waals surface area contributed by atoms with Crippen LogP contribution in [0.2, 0.25) is 0 Å². The SMILES string of the molecule is CCS(=O)C(C)C(=O)Nc1ccc(F)c(N)c1. The molecule has 94 valence electrons. The molecule has 1 aromatic rings. The fraction of sp³-hybridized carbons (Fsp3) is 0.364. The molecule has 0 saturated heterocycles. The number of benzene rings is 1. The standard InChI is InChI=1S/C11H15FN2O2S/c1-3-17(16)7(2)11(15)14-8-4-5-9(12)10(13)6-8/h4-7H,3,13H2,1-2H3,(H,14,15). The van der Waals surface area contributed by atoms with E-state index in [1.54, 1.807) is 13.8 Å². The van der Waals surface area contributed by atoms with Crippen molar-refractivity contribution in [1.29, 1.82) is 0 Å². The molecule has 0 bridgehead atoms. The molecule has 0 fully saturated rings. The molecule has 0 aliphatic rings. The van der Waals surface area contributed by atoms with Gasteiger partial charge < -0.3 is 11.1 Å². The molecular weight excluding hydrogens is 243 g/mol. The predicted molar refractivity (Wildman–Crippen MR) is 67.6 cm³/mol. The molecule has 2 atom stereocenters. The molecule has 0 aliphatic heterocycles. The second-order valence-corrected chi connectivity index (χ2v) is 5.58. The molecule has 3 N–H and O–H groups in total. The predicted octanol–water partition coefficient (Wildman–Crippen LogP) is 1.50. The zero-order chi connectivity index (χ0) is 13.0. The highest BCUT2D eigenvalue weighted by Gasteiger charge is 2.18. The number of nitrogens with one attached hydrogen (secondary N) is 1. The molecular formula is C11H15FN2O2S. The van der Waals surface area contributed by atoms with Gasteiger partial charge in [0.1, 0.15) is 11.1 Å². The Morgan fingerprint density at radius 1 is 1.59 bits per heavy atom. The van der Waals surface area contributed by atoms with E-state index in [9.17, 15) is 13.4 Å². The summed E-state index contributed by atoms with van der Waals surface area (Å²) in [6.07, 6.45) is 0. The molecule has 0 heterocycles. The number of nitrogens with two attached hydrogens (primary N) is 1. The summed E-state index contributed by atoms with van der Waals surface area (Å²) in [5.41, 5.74) is 5.73. The minimum atomic E-state index is -1.20. The third kappa shape index (κ3) is 3.52. The van der Waals surface area contributed by atoms with Crippen molar-refractivity contribution in [2.45, 2.75) is 19.1 Å². The van der Waals surface area contributed by atoms with E-state index in [1.807, 2.05) is 0 Å². The number of amides is 1. The summed E-state index contributed by atoms with van der Waals surface area (Å²) in [6.45, 7) is 3.33. The van der Waals surface area contributed by atoms with Crippen LogP contribution in [0.1, 0.15) is 13.8 Å². The number of anilines is 2. The molecule has 6 heteroatoms. The van der Waals surface area contributed by atoms with Gasteiger partial charge in [0.15, 0.2) is 0 Å². The largest absolute Gasteiger partial charge is 0.396 e. The van der Waals surface area contributed by atoms with Crippen molar-refractivity contribution in [3.05, 3.63) is 24.0 Å². The smallest absolute Gasteiger partial charge is 0.239 e. The highest BCUT2D eigenvalue weighted by molar-refractivity contribution is 7.86. The molecule has 1 aromatic carbocycles. The van der Waals surface area contributed by atoms with Crippen LogP contribution in [-0.4, -0.2) is 21.1 Å². The van der Waals surface area contributed by atoms with Gasteiger partial charge in [-0.1, -0.05) is 6.92 Å². The van der Waals surface area contributed by atoms with E-state index in [2.05, 4.69) is 5.32 Å². The van der Waals surface area contributed by atoms with E-state index < -0.39 is 21.9 Å². The van der Waals surface area contributed by atoms with Crippen molar-refractivity contribution in [2.75, 3.05) is 16.8 Å². The Bertz CT molecular complexity index is 451. The number of rotatable bonds is 4. The Morgan fingerprint density at radius 2 is 2.24 bits per heavy atom. The van der Waals surface area contributed by atoms with Crippen LogP contribution in [0.15, 0.2) is 18.2 Å². The summed E-state index contributed by atoms with van der Waals surface area (Å²) in [6, 6.07) is 3.91. The van der Waals surface area contributed by atoms with E-state index in [4.69, 9.17) is 5.73 Å². The maximum atomic E-state index is 12.9. The van der Waals surface area contributed by atoms with Crippen molar-refractivity contribution < 1.29 is 13.4 Å². The monoisotopic (exact) mass is 258 g/mol. The number of carbonyl (C=O) groups excluding carboxylic acids is 1. The van der Waals surface area contributed by atoms with Crippen molar-refractivity contribution in [2.24, 2.45) is 0 Å². The molecule has 0 aliphatic carbocycles. The van der Waals surface area contributed by atoms with Crippen molar-refractivity contribution in [1.82, 2.24) is 0 Å². The van der Waals surface area contributed by atoms with E-state index >= 15 is 0 Å².